The monoisotopic (exact) mass is 396 g/mol. The van der Waals surface area contributed by atoms with Crippen molar-refractivity contribution in [3.63, 3.8) is 0 Å². The predicted octanol–water partition coefficient (Wildman–Crippen LogP) is 4.39. The SMILES string of the molecule is CCOc1ccccc1C(=O)OC(C)C(=O)Nc1nc(-c2ccccc2)cs1. The van der Waals surface area contributed by atoms with Gasteiger partial charge in [0.05, 0.1) is 12.3 Å². The molecule has 1 aromatic heterocycles. The summed E-state index contributed by atoms with van der Waals surface area (Å²) < 4.78 is 10.7. The van der Waals surface area contributed by atoms with Gasteiger partial charge < -0.3 is 9.47 Å². The first-order valence-electron chi connectivity index (χ1n) is 8.83. The molecule has 0 aliphatic heterocycles. The second kappa shape index (κ2) is 9.14. The van der Waals surface area contributed by atoms with Gasteiger partial charge in [-0.15, -0.1) is 11.3 Å². The van der Waals surface area contributed by atoms with Gasteiger partial charge in [-0.2, -0.15) is 0 Å². The van der Waals surface area contributed by atoms with E-state index in [0.29, 0.717) is 17.5 Å². The molecule has 0 saturated heterocycles. The van der Waals surface area contributed by atoms with Crippen LogP contribution in [0.25, 0.3) is 11.3 Å². The fourth-order valence-electron chi connectivity index (χ4n) is 2.47. The maximum absolute atomic E-state index is 12.4. The molecule has 3 rings (SSSR count). The van der Waals surface area contributed by atoms with Crippen molar-refractivity contribution in [2.24, 2.45) is 0 Å². The molecule has 1 unspecified atom stereocenters. The minimum absolute atomic E-state index is 0.282. The average Bonchev–Trinajstić information content (AvgIpc) is 3.17. The lowest BCUT2D eigenvalue weighted by molar-refractivity contribution is -0.123. The molecule has 3 aromatic rings. The lowest BCUT2D eigenvalue weighted by Crippen LogP contribution is -2.30. The van der Waals surface area contributed by atoms with E-state index in [9.17, 15) is 9.59 Å². The van der Waals surface area contributed by atoms with Crippen LogP contribution in [0.1, 0.15) is 24.2 Å². The fraction of sp³-hybridized carbons (Fsp3) is 0.190. The molecule has 7 heteroatoms. The van der Waals surface area contributed by atoms with Gasteiger partial charge in [0.1, 0.15) is 11.3 Å². The van der Waals surface area contributed by atoms with Crippen LogP contribution in [0.5, 0.6) is 5.75 Å². The van der Waals surface area contributed by atoms with Crippen molar-refractivity contribution >= 4 is 28.3 Å². The van der Waals surface area contributed by atoms with Crippen molar-refractivity contribution in [3.8, 4) is 17.0 Å². The third kappa shape index (κ3) is 4.75. The number of nitrogens with zero attached hydrogens (tertiary/aromatic N) is 1. The van der Waals surface area contributed by atoms with Gasteiger partial charge in [0.25, 0.3) is 5.91 Å². The van der Waals surface area contributed by atoms with E-state index in [2.05, 4.69) is 10.3 Å². The number of aromatic nitrogens is 1. The quantitative estimate of drug-likeness (QED) is 0.599. The van der Waals surface area contributed by atoms with E-state index in [1.165, 1.54) is 18.3 Å². The molecule has 1 N–H and O–H groups in total. The molecule has 144 valence electrons. The van der Waals surface area contributed by atoms with Crippen LogP contribution in [0.2, 0.25) is 0 Å². The maximum Gasteiger partial charge on any atom is 0.342 e. The van der Waals surface area contributed by atoms with Crippen LogP contribution in [0.4, 0.5) is 5.13 Å². The van der Waals surface area contributed by atoms with E-state index in [1.807, 2.05) is 42.6 Å². The number of carbonyl (C=O) groups is 2. The Kier molecular flexibility index (Phi) is 6.39. The molecular weight excluding hydrogens is 376 g/mol. The zero-order valence-corrected chi connectivity index (χ0v) is 16.4. The van der Waals surface area contributed by atoms with Crippen LogP contribution in [0, 0.1) is 0 Å². The van der Waals surface area contributed by atoms with Crippen LogP contribution in [0.3, 0.4) is 0 Å². The highest BCUT2D eigenvalue weighted by molar-refractivity contribution is 7.14. The molecule has 0 radical (unpaired) electrons. The number of hydrogen-bond donors (Lipinski definition) is 1. The number of thiazole rings is 1. The summed E-state index contributed by atoms with van der Waals surface area (Å²) in [4.78, 5) is 29.2. The average molecular weight is 396 g/mol. The van der Waals surface area contributed by atoms with E-state index in [1.54, 1.807) is 24.3 Å². The lowest BCUT2D eigenvalue weighted by Gasteiger charge is -2.14. The first kappa shape index (κ1) is 19.6. The second-order valence-electron chi connectivity index (χ2n) is 5.87. The number of benzene rings is 2. The molecule has 2 aromatic carbocycles. The molecule has 0 aliphatic carbocycles. The van der Waals surface area contributed by atoms with Gasteiger partial charge in [0, 0.05) is 10.9 Å². The van der Waals surface area contributed by atoms with Gasteiger partial charge in [0.2, 0.25) is 0 Å². The Bertz CT molecular complexity index is 956. The van der Waals surface area contributed by atoms with Gasteiger partial charge in [-0.3, -0.25) is 10.1 Å². The number of rotatable bonds is 7. The van der Waals surface area contributed by atoms with Crippen LogP contribution in [0.15, 0.2) is 60.0 Å². The van der Waals surface area contributed by atoms with Gasteiger partial charge in [-0.1, -0.05) is 42.5 Å². The number of nitrogens with one attached hydrogen (secondary N) is 1. The highest BCUT2D eigenvalue weighted by Crippen LogP contribution is 2.25. The van der Waals surface area contributed by atoms with Gasteiger partial charge in [-0.05, 0) is 26.0 Å². The van der Waals surface area contributed by atoms with E-state index in [4.69, 9.17) is 9.47 Å². The molecule has 0 spiro atoms. The largest absolute Gasteiger partial charge is 0.493 e. The highest BCUT2D eigenvalue weighted by Gasteiger charge is 2.22. The molecule has 1 heterocycles. The molecule has 1 atom stereocenters. The van der Waals surface area contributed by atoms with Crippen LogP contribution >= 0.6 is 11.3 Å². The van der Waals surface area contributed by atoms with Gasteiger partial charge in [0.15, 0.2) is 11.2 Å². The molecule has 0 saturated carbocycles. The molecule has 28 heavy (non-hydrogen) atoms. The zero-order chi connectivity index (χ0) is 19.9. The summed E-state index contributed by atoms with van der Waals surface area (Å²) in [6.45, 7) is 3.77. The van der Waals surface area contributed by atoms with E-state index in [-0.39, 0.29) is 5.56 Å². The molecule has 0 fully saturated rings. The molecule has 1 amide bonds. The summed E-state index contributed by atoms with van der Waals surface area (Å²) in [6.07, 6.45) is -0.980. The number of carbonyl (C=O) groups excluding carboxylic acids is 2. The number of esters is 1. The Labute approximate surface area is 167 Å². The van der Waals surface area contributed by atoms with E-state index < -0.39 is 18.0 Å². The third-order valence-corrected chi connectivity index (χ3v) is 4.62. The lowest BCUT2D eigenvalue weighted by atomic mass is 10.2. The van der Waals surface area contributed by atoms with E-state index in [0.717, 1.165) is 11.3 Å². The zero-order valence-electron chi connectivity index (χ0n) is 15.5. The molecular formula is C21H20N2O4S. The van der Waals surface area contributed by atoms with Crippen molar-refractivity contribution in [1.82, 2.24) is 4.98 Å². The van der Waals surface area contributed by atoms with Crippen molar-refractivity contribution in [2.45, 2.75) is 20.0 Å². The summed E-state index contributed by atoms with van der Waals surface area (Å²) >= 11 is 1.31. The first-order valence-corrected chi connectivity index (χ1v) is 9.71. The Morgan fingerprint density at radius 1 is 1.11 bits per heavy atom. The number of para-hydroxylation sites is 1. The third-order valence-electron chi connectivity index (χ3n) is 3.86. The smallest absolute Gasteiger partial charge is 0.342 e. The Morgan fingerprint density at radius 2 is 1.82 bits per heavy atom. The second-order valence-corrected chi connectivity index (χ2v) is 6.73. The van der Waals surface area contributed by atoms with Crippen molar-refractivity contribution in [2.75, 3.05) is 11.9 Å². The van der Waals surface area contributed by atoms with Crippen LogP contribution < -0.4 is 10.1 Å². The highest BCUT2D eigenvalue weighted by atomic mass is 32.1. The fourth-order valence-corrected chi connectivity index (χ4v) is 3.20. The molecule has 0 aliphatic rings. The number of ether oxygens (including phenoxy) is 2. The topological polar surface area (TPSA) is 77.5 Å². The number of anilines is 1. The minimum atomic E-state index is -0.980. The van der Waals surface area contributed by atoms with Gasteiger partial charge >= 0.3 is 5.97 Å². The van der Waals surface area contributed by atoms with Crippen LogP contribution in [-0.2, 0) is 9.53 Å². The predicted molar refractivity (Wildman–Crippen MR) is 109 cm³/mol. The summed E-state index contributed by atoms with van der Waals surface area (Å²) in [6, 6.07) is 16.4. The van der Waals surface area contributed by atoms with Crippen LogP contribution in [-0.4, -0.2) is 29.6 Å². The Balaban J connectivity index is 1.62. The summed E-state index contributed by atoms with van der Waals surface area (Å²) in [7, 11) is 0. The molecule has 0 bridgehead atoms. The van der Waals surface area contributed by atoms with Crippen molar-refractivity contribution in [3.05, 3.63) is 65.5 Å². The Morgan fingerprint density at radius 3 is 2.57 bits per heavy atom. The normalized spacial score (nSPS) is 11.5. The van der Waals surface area contributed by atoms with Crippen molar-refractivity contribution < 1.29 is 19.1 Å². The van der Waals surface area contributed by atoms with E-state index >= 15 is 0 Å². The standard InChI is InChI=1S/C21H20N2O4S/c1-3-26-18-12-8-7-11-16(18)20(25)27-14(2)19(24)23-21-22-17(13-28-21)15-9-5-4-6-10-15/h4-14H,3H2,1-2H3,(H,22,23,24). The summed E-state index contributed by atoms with van der Waals surface area (Å²) in [5.41, 5.74) is 2.02. The molecule has 6 nitrogen and oxygen atoms in total. The van der Waals surface area contributed by atoms with Gasteiger partial charge in [-0.25, -0.2) is 9.78 Å². The first-order chi connectivity index (χ1) is 13.6. The minimum Gasteiger partial charge on any atom is -0.493 e. The summed E-state index contributed by atoms with van der Waals surface area (Å²) in [5.74, 6) is -0.637. The summed E-state index contributed by atoms with van der Waals surface area (Å²) in [5, 5.41) is 5.00. The van der Waals surface area contributed by atoms with Crippen molar-refractivity contribution in [1.29, 1.82) is 0 Å². The maximum atomic E-state index is 12.4. The Hall–Kier alpha value is -3.19. The number of amides is 1. The number of hydrogen-bond acceptors (Lipinski definition) is 6.